The number of rotatable bonds is 4. The third-order valence-corrected chi connectivity index (χ3v) is 12.1. The molecule has 3 aromatic heterocycles. The van der Waals surface area contributed by atoms with E-state index in [9.17, 15) is 0 Å². The number of fused-ring (bicyclic) bond motifs is 12. The zero-order valence-electron chi connectivity index (χ0n) is 32.1. The Morgan fingerprint density at radius 2 is 0.800 bits per heavy atom. The van der Waals surface area contributed by atoms with Crippen LogP contribution in [0.3, 0.4) is 0 Å². The summed E-state index contributed by atoms with van der Waals surface area (Å²) in [6.07, 6.45) is 0. The fourth-order valence-electron chi connectivity index (χ4n) is 9.41. The standard InChI is InChI=1S/C55H31N3O2/c1-4-16-35-32(13-1)27-28-45-50-42(22-12-26-49(50)60-51(35)45)40-29-30-44(38-19-7-6-18-37(38)40)53-56-54(46-24-11-23-43-41-21-9-10-25-48(41)59-52(43)46)58-55(57-53)47-31-33-14-2-3-15-34(33)36-17-5-8-20-39(36)47/h1-31H. The average Bonchev–Trinajstić information content (AvgIpc) is 3.90. The van der Waals surface area contributed by atoms with Crippen LogP contribution in [-0.4, -0.2) is 15.0 Å². The van der Waals surface area contributed by atoms with E-state index in [1.165, 1.54) is 5.39 Å². The quantitative estimate of drug-likeness (QED) is 0.167. The molecule has 0 aliphatic carbocycles. The van der Waals surface area contributed by atoms with Gasteiger partial charge in [-0.1, -0.05) is 152 Å². The number of aromatic nitrogens is 3. The van der Waals surface area contributed by atoms with Gasteiger partial charge in [0.2, 0.25) is 0 Å². The molecule has 13 aromatic rings. The summed E-state index contributed by atoms with van der Waals surface area (Å²) in [5, 5.41) is 13.2. The summed E-state index contributed by atoms with van der Waals surface area (Å²) in [6.45, 7) is 0. The molecule has 0 atom stereocenters. The van der Waals surface area contributed by atoms with Gasteiger partial charge in [0, 0.05) is 38.1 Å². The Morgan fingerprint density at radius 3 is 1.62 bits per heavy atom. The minimum atomic E-state index is 0.548. The first-order chi connectivity index (χ1) is 29.7. The molecule has 0 N–H and O–H groups in total. The summed E-state index contributed by atoms with van der Waals surface area (Å²) in [6, 6.07) is 65.6. The summed E-state index contributed by atoms with van der Waals surface area (Å²) in [7, 11) is 0. The lowest BCUT2D eigenvalue weighted by Gasteiger charge is -2.15. The summed E-state index contributed by atoms with van der Waals surface area (Å²) in [5.41, 5.74) is 8.23. The molecule has 10 aromatic carbocycles. The number of benzene rings is 10. The molecule has 0 saturated carbocycles. The van der Waals surface area contributed by atoms with Gasteiger partial charge in [-0.25, -0.2) is 15.0 Å². The van der Waals surface area contributed by atoms with E-state index in [4.69, 9.17) is 23.8 Å². The van der Waals surface area contributed by atoms with Crippen molar-refractivity contribution in [3.63, 3.8) is 0 Å². The van der Waals surface area contributed by atoms with Crippen LogP contribution in [0.25, 0.3) is 132 Å². The minimum Gasteiger partial charge on any atom is -0.455 e. The zero-order valence-corrected chi connectivity index (χ0v) is 32.1. The molecule has 60 heavy (non-hydrogen) atoms. The van der Waals surface area contributed by atoms with Crippen LogP contribution in [0.1, 0.15) is 0 Å². The third-order valence-electron chi connectivity index (χ3n) is 12.1. The van der Waals surface area contributed by atoms with Crippen molar-refractivity contribution in [1.29, 1.82) is 0 Å². The van der Waals surface area contributed by atoms with Crippen LogP contribution in [0.2, 0.25) is 0 Å². The molecule has 0 radical (unpaired) electrons. The fourth-order valence-corrected chi connectivity index (χ4v) is 9.41. The number of hydrogen-bond donors (Lipinski definition) is 0. The van der Waals surface area contributed by atoms with Gasteiger partial charge in [0.25, 0.3) is 0 Å². The molecule has 0 spiro atoms. The third kappa shape index (κ3) is 4.84. The molecule has 0 fully saturated rings. The van der Waals surface area contributed by atoms with E-state index in [0.717, 1.165) is 109 Å². The van der Waals surface area contributed by atoms with Crippen LogP contribution in [0.5, 0.6) is 0 Å². The highest BCUT2D eigenvalue weighted by molar-refractivity contribution is 6.21. The highest BCUT2D eigenvalue weighted by Crippen LogP contribution is 2.44. The molecule has 13 rings (SSSR count). The molecule has 0 saturated heterocycles. The van der Waals surface area contributed by atoms with Gasteiger partial charge in [-0.3, -0.25) is 0 Å². The molecule has 0 amide bonds. The van der Waals surface area contributed by atoms with Gasteiger partial charge in [-0.05, 0) is 85.2 Å². The number of hydrogen-bond acceptors (Lipinski definition) is 5. The van der Waals surface area contributed by atoms with Crippen LogP contribution in [0, 0.1) is 0 Å². The van der Waals surface area contributed by atoms with Crippen LogP contribution in [0.15, 0.2) is 197 Å². The van der Waals surface area contributed by atoms with Gasteiger partial charge in [-0.15, -0.1) is 0 Å². The van der Waals surface area contributed by atoms with Gasteiger partial charge in [0.1, 0.15) is 22.3 Å². The van der Waals surface area contributed by atoms with Gasteiger partial charge >= 0.3 is 0 Å². The first-order valence-corrected chi connectivity index (χ1v) is 20.2. The monoisotopic (exact) mass is 765 g/mol. The lowest BCUT2D eigenvalue weighted by Crippen LogP contribution is -2.01. The summed E-state index contributed by atoms with van der Waals surface area (Å²) in [4.78, 5) is 16.0. The maximum absolute atomic E-state index is 6.62. The Hall–Kier alpha value is -8.15. The van der Waals surface area contributed by atoms with E-state index in [0.29, 0.717) is 17.5 Å². The number of nitrogens with zero attached hydrogens (tertiary/aromatic N) is 3. The van der Waals surface area contributed by atoms with Crippen molar-refractivity contribution in [2.45, 2.75) is 0 Å². The smallest absolute Gasteiger partial charge is 0.167 e. The van der Waals surface area contributed by atoms with Gasteiger partial charge in [-0.2, -0.15) is 0 Å². The first kappa shape index (κ1) is 32.9. The van der Waals surface area contributed by atoms with Crippen LogP contribution < -0.4 is 0 Å². The molecule has 5 nitrogen and oxygen atoms in total. The minimum absolute atomic E-state index is 0.548. The predicted molar refractivity (Wildman–Crippen MR) is 246 cm³/mol. The molecule has 0 unspecified atom stereocenters. The van der Waals surface area contributed by atoms with E-state index in [-0.39, 0.29) is 0 Å². The fraction of sp³-hybridized carbons (Fsp3) is 0. The largest absolute Gasteiger partial charge is 0.455 e. The Morgan fingerprint density at radius 1 is 0.267 bits per heavy atom. The normalized spacial score (nSPS) is 12.0. The second-order valence-corrected chi connectivity index (χ2v) is 15.4. The number of para-hydroxylation sites is 2. The summed E-state index contributed by atoms with van der Waals surface area (Å²) >= 11 is 0. The van der Waals surface area contributed by atoms with Gasteiger partial charge in [0.15, 0.2) is 17.5 Å². The molecule has 3 heterocycles. The van der Waals surface area contributed by atoms with Gasteiger partial charge in [0.05, 0.1) is 5.56 Å². The second kappa shape index (κ2) is 12.7. The van der Waals surface area contributed by atoms with Crippen molar-refractivity contribution < 1.29 is 8.83 Å². The maximum Gasteiger partial charge on any atom is 0.167 e. The molecule has 5 heteroatoms. The second-order valence-electron chi connectivity index (χ2n) is 15.4. The molecule has 0 aliphatic heterocycles. The van der Waals surface area contributed by atoms with Crippen molar-refractivity contribution >= 4 is 87.0 Å². The van der Waals surface area contributed by atoms with Crippen LogP contribution in [-0.2, 0) is 0 Å². The van der Waals surface area contributed by atoms with Crippen molar-refractivity contribution in [3.8, 4) is 45.3 Å². The van der Waals surface area contributed by atoms with Crippen molar-refractivity contribution in [3.05, 3.63) is 188 Å². The Balaban J connectivity index is 1.08. The zero-order chi connectivity index (χ0) is 39.3. The molecule has 0 aliphatic rings. The molecular weight excluding hydrogens is 735 g/mol. The van der Waals surface area contributed by atoms with Crippen LogP contribution >= 0.6 is 0 Å². The van der Waals surface area contributed by atoms with Crippen molar-refractivity contribution in [2.24, 2.45) is 0 Å². The Bertz CT molecular complexity index is 3910. The highest BCUT2D eigenvalue weighted by Gasteiger charge is 2.22. The molecule has 0 bridgehead atoms. The Kier molecular flexibility index (Phi) is 6.95. The van der Waals surface area contributed by atoms with E-state index in [2.05, 4.69) is 164 Å². The first-order valence-electron chi connectivity index (χ1n) is 20.2. The van der Waals surface area contributed by atoms with E-state index >= 15 is 0 Å². The van der Waals surface area contributed by atoms with Crippen molar-refractivity contribution in [1.82, 2.24) is 15.0 Å². The summed E-state index contributed by atoms with van der Waals surface area (Å²) < 4.78 is 13.2. The van der Waals surface area contributed by atoms with Crippen molar-refractivity contribution in [2.75, 3.05) is 0 Å². The highest BCUT2D eigenvalue weighted by atomic mass is 16.3. The lowest BCUT2D eigenvalue weighted by atomic mass is 9.92. The van der Waals surface area contributed by atoms with E-state index in [1.54, 1.807) is 0 Å². The van der Waals surface area contributed by atoms with Gasteiger partial charge < -0.3 is 8.83 Å². The van der Waals surface area contributed by atoms with E-state index in [1.807, 2.05) is 24.3 Å². The summed E-state index contributed by atoms with van der Waals surface area (Å²) in [5.74, 6) is 1.73. The molecular formula is C55H31N3O2. The van der Waals surface area contributed by atoms with Crippen LogP contribution in [0.4, 0.5) is 0 Å². The molecule has 278 valence electrons. The topological polar surface area (TPSA) is 65.0 Å². The number of furan rings is 2. The predicted octanol–water partition coefficient (Wildman–Crippen LogP) is 15.0. The maximum atomic E-state index is 6.62. The SMILES string of the molecule is c1ccc2c(c1)cc(-c1nc(-c3ccc(-c4cccc5oc6c7ccccc7ccc6c45)c4ccccc34)nc(-c3cccc4c3oc3ccccc34)n1)c1ccccc12. The Labute approximate surface area is 342 Å². The van der Waals surface area contributed by atoms with E-state index < -0.39 is 0 Å². The lowest BCUT2D eigenvalue weighted by molar-refractivity contribution is 0.669. The average molecular weight is 766 g/mol.